The predicted molar refractivity (Wildman–Crippen MR) is 121 cm³/mol. The lowest BCUT2D eigenvalue weighted by atomic mass is 10.2. The van der Waals surface area contributed by atoms with E-state index >= 15 is 0 Å². The van der Waals surface area contributed by atoms with Gasteiger partial charge in [0.1, 0.15) is 5.75 Å². The van der Waals surface area contributed by atoms with E-state index in [0.717, 1.165) is 24.2 Å². The van der Waals surface area contributed by atoms with Crippen molar-refractivity contribution in [3.63, 3.8) is 0 Å². The number of methoxy groups -OCH3 is 1. The summed E-state index contributed by atoms with van der Waals surface area (Å²) in [6.45, 7) is 6.85. The van der Waals surface area contributed by atoms with E-state index in [9.17, 15) is 13.2 Å². The predicted octanol–water partition coefficient (Wildman–Crippen LogP) is 2.32. The molecule has 0 saturated carbocycles. The van der Waals surface area contributed by atoms with Crippen LogP contribution in [0.25, 0.3) is 0 Å². The minimum Gasteiger partial charge on any atom is -0.497 e. The number of amides is 1. The van der Waals surface area contributed by atoms with Gasteiger partial charge in [-0.2, -0.15) is 4.31 Å². The second kappa shape index (κ2) is 10.3. The molecule has 0 bridgehead atoms. The minimum atomic E-state index is -3.78. The normalized spacial score (nSPS) is 14.6. The fourth-order valence-electron chi connectivity index (χ4n) is 3.78. The Morgan fingerprint density at radius 3 is 2.55 bits per heavy atom. The number of hydrogen-bond acceptors (Lipinski definition) is 5. The van der Waals surface area contributed by atoms with Crippen LogP contribution in [0.1, 0.15) is 23.1 Å². The van der Waals surface area contributed by atoms with Crippen LogP contribution in [-0.2, 0) is 21.4 Å². The highest BCUT2D eigenvalue weighted by Gasteiger charge is 2.28. The van der Waals surface area contributed by atoms with Crippen molar-refractivity contribution in [3.8, 4) is 5.75 Å². The first-order valence-corrected chi connectivity index (χ1v) is 11.9. The zero-order valence-corrected chi connectivity index (χ0v) is 19.2. The van der Waals surface area contributed by atoms with Crippen LogP contribution >= 0.6 is 0 Å². The SMILES string of the molecule is COc1cccc(CN(CCC(=O)N2CCNCC2)S(=O)(=O)c2ccc(C)cc2C)c1. The van der Waals surface area contributed by atoms with Gasteiger partial charge >= 0.3 is 0 Å². The van der Waals surface area contributed by atoms with Crippen molar-refractivity contribution in [3.05, 3.63) is 59.2 Å². The summed E-state index contributed by atoms with van der Waals surface area (Å²) >= 11 is 0. The first-order valence-electron chi connectivity index (χ1n) is 10.5. The molecule has 3 rings (SSSR count). The van der Waals surface area contributed by atoms with Crippen LogP contribution in [0.5, 0.6) is 5.75 Å². The van der Waals surface area contributed by atoms with Gasteiger partial charge in [-0.05, 0) is 43.2 Å². The van der Waals surface area contributed by atoms with E-state index in [1.54, 1.807) is 31.1 Å². The number of ether oxygens (including phenoxy) is 1. The molecule has 0 unspecified atom stereocenters. The molecule has 2 aromatic carbocycles. The van der Waals surface area contributed by atoms with Crippen molar-refractivity contribution in [1.82, 2.24) is 14.5 Å². The highest BCUT2D eigenvalue weighted by molar-refractivity contribution is 7.89. The third-order valence-electron chi connectivity index (χ3n) is 5.49. The Bertz CT molecular complexity index is 1020. The van der Waals surface area contributed by atoms with Crippen LogP contribution in [0.15, 0.2) is 47.4 Å². The number of piperazine rings is 1. The molecule has 0 aromatic heterocycles. The first kappa shape index (κ1) is 23.2. The molecule has 1 heterocycles. The monoisotopic (exact) mass is 445 g/mol. The molecule has 1 aliphatic heterocycles. The number of aryl methyl sites for hydroxylation is 2. The number of sulfonamides is 1. The summed E-state index contributed by atoms with van der Waals surface area (Å²) in [5.41, 5.74) is 2.51. The van der Waals surface area contributed by atoms with Crippen LogP contribution < -0.4 is 10.1 Å². The van der Waals surface area contributed by atoms with Gasteiger partial charge < -0.3 is 15.0 Å². The van der Waals surface area contributed by atoms with Crippen LogP contribution in [0.4, 0.5) is 0 Å². The van der Waals surface area contributed by atoms with Crippen molar-refractivity contribution in [2.45, 2.75) is 31.7 Å². The fourth-order valence-corrected chi connectivity index (χ4v) is 5.41. The summed E-state index contributed by atoms with van der Waals surface area (Å²) in [7, 11) is -2.20. The summed E-state index contributed by atoms with van der Waals surface area (Å²) in [4.78, 5) is 14.8. The molecule has 168 valence electrons. The van der Waals surface area contributed by atoms with Crippen LogP contribution in [0, 0.1) is 13.8 Å². The molecule has 1 saturated heterocycles. The molecule has 0 atom stereocenters. The van der Waals surface area contributed by atoms with E-state index in [2.05, 4.69) is 5.32 Å². The number of carbonyl (C=O) groups is 1. The number of rotatable bonds is 8. The van der Waals surface area contributed by atoms with Crippen LogP contribution in [-0.4, -0.2) is 63.4 Å². The van der Waals surface area contributed by atoms with Gasteiger partial charge in [-0.3, -0.25) is 4.79 Å². The number of benzene rings is 2. The number of hydrogen-bond donors (Lipinski definition) is 1. The second-order valence-electron chi connectivity index (χ2n) is 7.84. The van der Waals surface area contributed by atoms with Crippen LogP contribution in [0.3, 0.4) is 0 Å². The Morgan fingerprint density at radius 1 is 1.13 bits per heavy atom. The summed E-state index contributed by atoms with van der Waals surface area (Å²) in [6.07, 6.45) is 0.147. The Labute approximate surface area is 185 Å². The minimum absolute atomic E-state index is 0.0204. The number of carbonyl (C=O) groups excluding carboxylic acids is 1. The number of nitrogens with zero attached hydrogens (tertiary/aromatic N) is 2. The lowest BCUT2D eigenvalue weighted by molar-refractivity contribution is -0.131. The van der Waals surface area contributed by atoms with Gasteiger partial charge in [-0.25, -0.2) is 8.42 Å². The third kappa shape index (κ3) is 5.84. The summed E-state index contributed by atoms with van der Waals surface area (Å²) in [6, 6.07) is 12.7. The molecule has 2 aromatic rings. The molecule has 0 spiro atoms. The van der Waals surface area contributed by atoms with Gasteiger partial charge in [-0.1, -0.05) is 29.8 Å². The topological polar surface area (TPSA) is 79.0 Å². The van der Waals surface area contributed by atoms with Crippen molar-refractivity contribution in [1.29, 1.82) is 0 Å². The molecule has 1 N–H and O–H groups in total. The lowest BCUT2D eigenvalue weighted by Gasteiger charge is -2.29. The van der Waals surface area contributed by atoms with E-state index < -0.39 is 10.0 Å². The first-order chi connectivity index (χ1) is 14.8. The molecule has 7 nitrogen and oxygen atoms in total. The van der Waals surface area contributed by atoms with Gasteiger partial charge in [0, 0.05) is 45.7 Å². The van der Waals surface area contributed by atoms with Gasteiger partial charge in [0.2, 0.25) is 15.9 Å². The number of nitrogens with one attached hydrogen (secondary N) is 1. The lowest BCUT2D eigenvalue weighted by Crippen LogP contribution is -2.47. The van der Waals surface area contributed by atoms with E-state index in [1.165, 1.54) is 4.31 Å². The van der Waals surface area contributed by atoms with Gasteiger partial charge in [0.05, 0.1) is 12.0 Å². The van der Waals surface area contributed by atoms with Crippen molar-refractivity contribution >= 4 is 15.9 Å². The van der Waals surface area contributed by atoms with E-state index in [1.807, 2.05) is 37.3 Å². The Balaban J connectivity index is 1.86. The van der Waals surface area contributed by atoms with Crippen molar-refractivity contribution in [2.24, 2.45) is 0 Å². The maximum Gasteiger partial charge on any atom is 0.243 e. The molecular formula is C23H31N3O4S. The van der Waals surface area contributed by atoms with Gasteiger partial charge in [0.25, 0.3) is 0 Å². The molecule has 0 radical (unpaired) electrons. The van der Waals surface area contributed by atoms with Gasteiger partial charge in [-0.15, -0.1) is 0 Å². The molecule has 1 aliphatic rings. The zero-order chi connectivity index (χ0) is 22.4. The second-order valence-corrected chi connectivity index (χ2v) is 9.75. The largest absolute Gasteiger partial charge is 0.497 e. The summed E-state index contributed by atoms with van der Waals surface area (Å²) < 4.78 is 33.8. The average molecular weight is 446 g/mol. The van der Waals surface area contributed by atoms with Crippen molar-refractivity contribution in [2.75, 3.05) is 39.8 Å². The quantitative estimate of drug-likeness (QED) is 0.675. The maximum atomic E-state index is 13.6. The zero-order valence-electron chi connectivity index (χ0n) is 18.4. The molecule has 0 aliphatic carbocycles. The standard InChI is InChI=1S/C23H31N3O4S/c1-18-7-8-22(19(2)15-18)31(28,29)26(17-20-5-4-6-21(16-20)30-3)12-9-23(27)25-13-10-24-11-14-25/h4-8,15-16,24H,9-14,17H2,1-3H3. The fraction of sp³-hybridized carbons (Fsp3) is 0.435. The van der Waals surface area contributed by atoms with E-state index in [0.29, 0.717) is 24.4 Å². The highest BCUT2D eigenvalue weighted by Crippen LogP contribution is 2.24. The maximum absolute atomic E-state index is 13.6. The molecule has 1 fully saturated rings. The van der Waals surface area contributed by atoms with Gasteiger partial charge in [0.15, 0.2) is 0 Å². The molecular weight excluding hydrogens is 414 g/mol. The van der Waals surface area contributed by atoms with Crippen LogP contribution in [0.2, 0.25) is 0 Å². The Hall–Kier alpha value is -2.42. The molecule has 1 amide bonds. The average Bonchev–Trinajstić information content (AvgIpc) is 2.76. The van der Waals surface area contributed by atoms with E-state index in [4.69, 9.17) is 4.74 Å². The molecule has 8 heteroatoms. The summed E-state index contributed by atoms with van der Waals surface area (Å²) in [5.74, 6) is 0.645. The Morgan fingerprint density at radius 2 is 1.87 bits per heavy atom. The van der Waals surface area contributed by atoms with E-state index in [-0.39, 0.29) is 30.3 Å². The summed E-state index contributed by atoms with van der Waals surface area (Å²) in [5, 5.41) is 3.22. The smallest absolute Gasteiger partial charge is 0.243 e. The third-order valence-corrected chi connectivity index (χ3v) is 7.49. The molecule has 31 heavy (non-hydrogen) atoms. The van der Waals surface area contributed by atoms with Crippen molar-refractivity contribution < 1.29 is 17.9 Å². The Kier molecular flexibility index (Phi) is 7.69. The highest BCUT2D eigenvalue weighted by atomic mass is 32.2.